The highest BCUT2D eigenvalue weighted by atomic mass is 35.5. The molecule has 0 radical (unpaired) electrons. The SMILES string of the molecule is O=C(O)C1CCCC(C(=O)NCc2cc(Cl)cc3c2OCC3)C1. The van der Waals surface area contributed by atoms with Crippen molar-refractivity contribution in [2.75, 3.05) is 6.61 Å². The first-order valence-corrected chi connectivity index (χ1v) is 8.37. The predicted octanol–water partition coefficient (Wildman–Crippen LogP) is 2.78. The molecule has 2 aliphatic rings. The van der Waals surface area contributed by atoms with Gasteiger partial charge in [0.1, 0.15) is 5.75 Å². The van der Waals surface area contributed by atoms with Gasteiger partial charge in [0.15, 0.2) is 0 Å². The summed E-state index contributed by atoms with van der Waals surface area (Å²) >= 11 is 6.11. The van der Waals surface area contributed by atoms with Gasteiger partial charge in [0.2, 0.25) is 5.91 Å². The van der Waals surface area contributed by atoms with Gasteiger partial charge in [-0.3, -0.25) is 9.59 Å². The maximum Gasteiger partial charge on any atom is 0.306 e. The smallest absolute Gasteiger partial charge is 0.306 e. The third kappa shape index (κ3) is 3.61. The number of rotatable bonds is 4. The highest BCUT2D eigenvalue weighted by Crippen LogP contribution is 2.33. The van der Waals surface area contributed by atoms with Gasteiger partial charge in [-0.25, -0.2) is 0 Å². The van der Waals surface area contributed by atoms with Crippen molar-refractivity contribution in [3.8, 4) is 5.75 Å². The molecule has 1 aliphatic carbocycles. The molecule has 1 heterocycles. The van der Waals surface area contributed by atoms with Crippen LogP contribution in [0.4, 0.5) is 0 Å². The number of carbonyl (C=O) groups is 2. The molecule has 0 aromatic heterocycles. The van der Waals surface area contributed by atoms with Crippen molar-refractivity contribution in [2.24, 2.45) is 11.8 Å². The minimum Gasteiger partial charge on any atom is -0.493 e. The van der Waals surface area contributed by atoms with Gasteiger partial charge in [0, 0.05) is 29.5 Å². The van der Waals surface area contributed by atoms with Crippen LogP contribution in [0.2, 0.25) is 5.02 Å². The zero-order valence-electron chi connectivity index (χ0n) is 12.8. The van der Waals surface area contributed by atoms with Crippen molar-refractivity contribution in [2.45, 2.75) is 38.6 Å². The highest BCUT2D eigenvalue weighted by Gasteiger charge is 2.31. The van der Waals surface area contributed by atoms with Crippen molar-refractivity contribution in [3.05, 3.63) is 28.3 Å². The van der Waals surface area contributed by atoms with Gasteiger partial charge in [-0.1, -0.05) is 18.0 Å². The van der Waals surface area contributed by atoms with E-state index in [0.29, 0.717) is 31.0 Å². The van der Waals surface area contributed by atoms with Crippen LogP contribution >= 0.6 is 11.6 Å². The average molecular weight is 338 g/mol. The number of benzene rings is 1. The lowest BCUT2D eigenvalue weighted by Crippen LogP contribution is -2.35. The Bertz CT molecular complexity index is 631. The zero-order valence-corrected chi connectivity index (χ0v) is 13.6. The van der Waals surface area contributed by atoms with Gasteiger partial charge in [0.25, 0.3) is 0 Å². The van der Waals surface area contributed by atoms with Crippen molar-refractivity contribution >= 4 is 23.5 Å². The minimum atomic E-state index is -0.802. The molecule has 0 spiro atoms. The van der Waals surface area contributed by atoms with Crippen molar-refractivity contribution < 1.29 is 19.4 Å². The average Bonchev–Trinajstić information content (AvgIpc) is 3.00. The van der Waals surface area contributed by atoms with Gasteiger partial charge in [-0.2, -0.15) is 0 Å². The lowest BCUT2D eigenvalue weighted by Gasteiger charge is -2.25. The first kappa shape index (κ1) is 16.1. The maximum absolute atomic E-state index is 12.3. The minimum absolute atomic E-state index is 0.0809. The molecule has 124 valence electrons. The summed E-state index contributed by atoms with van der Waals surface area (Å²) in [4.78, 5) is 23.5. The summed E-state index contributed by atoms with van der Waals surface area (Å²) in [5.74, 6) is -0.691. The van der Waals surface area contributed by atoms with Gasteiger partial charge in [-0.05, 0) is 37.0 Å². The summed E-state index contributed by atoms with van der Waals surface area (Å²) in [7, 11) is 0. The number of amides is 1. The Morgan fingerprint density at radius 1 is 1.30 bits per heavy atom. The lowest BCUT2D eigenvalue weighted by molar-refractivity contribution is -0.144. The van der Waals surface area contributed by atoms with E-state index in [9.17, 15) is 9.59 Å². The Morgan fingerprint density at radius 3 is 2.87 bits per heavy atom. The summed E-state index contributed by atoms with van der Waals surface area (Å²) < 4.78 is 5.62. The van der Waals surface area contributed by atoms with Gasteiger partial charge >= 0.3 is 5.97 Å². The molecule has 1 aliphatic heterocycles. The van der Waals surface area contributed by atoms with E-state index in [-0.39, 0.29) is 11.8 Å². The molecule has 1 fully saturated rings. The van der Waals surface area contributed by atoms with Gasteiger partial charge in [-0.15, -0.1) is 0 Å². The van der Waals surface area contributed by atoms with E-state index in [2.05, 4.69) is 5.32 Å². The van der Waals surface area contributed by atoms with E-state index in [0.717, 1.165) is 36.1 Å². The molecular weight excluding hydrogens is 318 g/mol. The normalized spacial score (nSPS) is 23.0. The second kappa shape index (κ2) is 6.79. The monoisotopic (exact) mass is 337 g/mol. The van der Waals surface area contributed by atoms with Gasteiger partial charge in [0.05, 0.1) is 12.5 Å². The number of carbonyl (C=O) groups excluding carboxylic acids is 1. The van der Waals surface area contributed by atoms with Crippen molar-refractivity contribution in [1.82, 2.24) is 5.32 Å². The molecule has 1 aromatic carbocycles. The molecule has 1 aromatic rings. The van der Waals surface area contributed by atoms with E-state index in [4.69, 9.17) is 21.4 Å². The summed E-state index contributed by atoms with van der Waals surface area (Å²) in [5, 5.41) is 12.7. The largest absolute Gasteiger partial charge is 0.493 e. The van der Waals surface area contributed by atoms with E-state index in [1.807, 2.05) is 12.1 Å². The fourth-order valence-corrected chi connectivity index (χ4v) is 3.72. The van der Waals surface area contributed by atoms with Gasteiger partial charge < -0.3 is 15.2 Å². The first-order valence-electron chi connectivity index (χ1n) is 7.99. The molecule has 0 saturated heterocycles. The lowest BCUT2D eigenvalue weighted by atomic mass is 9.81. The molecule has 5 nitrogen and oxygen atoms in total. The zero-order chi connectivity index (χ0) is 16.4. The number of halogens is 1. The van der Waals surface area contributed by atoms with Crippen LogP contribution < -0.4 is 10.1 Å². The quantitative estimate of drug-likeness (QED) is 0.885. The number of ether oxygens (including phenoxy) is 1. The number of hydrogen-bond donors (Lipinski definition) is 2. The summed E-state index contributed by atoms with van der Waals surface area (Å²) in [5.41, 5.74) is 1.95. The molecule has 0 bridgehead atoms. The topological polar surface area (TPSA) is 75.6 Å². The number of carboxylic acid groups (broad SMARTS) is 1. The molecule has 1 amide bonds. The van der Waals surface area contributed by atoms with Crippen molar-refractivity contribution in [3.63, 3.8) is 0 Å². The number of fused-ring (bicyclic) bond motifs is 1. The molecule has 3 rings (SSSR count). The van der Waals surface area contributed by atoms with Crippen LogP contribution in [0.15, 0.2) is 12.1 Å². The molecule has 2 atom stereocenters. The Hall–Kier alpha value is -1.75. The van der Waals surface area contributed by atoms with E-state index >= 15 is 0 Å². The predicted molar refractivity (Wildman–Crippen MR) is 85.6 cm³/mol. The molecule has 2 N–H and O–H groups in total. The number of aliphatic carboxylic acids is 1. The Labute approximate surface area is 140 Å². The maximum atomic E-state index is 12.3. The summed E-state index contributed by atoms with van der Waals surface area (Å²) in [6.07, 6.45) is 3.45. The third-order valence-electron chi connectivity index (χ3n) is 4.67. The summed E-state index contributed by atoms with van der Waals surface area (Å²) in [6.45, 7) is 0.996. The van der Waals surface area contributed by atoms with Crippen LogP contribution in [-0.2, 0) is 22.6 Å². The van der Waals surface area contributed by atoms with Crippen LogP contribution in [-0.4, -0.2) is 23.6 Å². The van der Waals surface area contributed by atoms with Crippen LogP contribution in [0.5, 0.6) is 5.75 Å². The van der Waals surface area contributed by atoms with E-state index in [1.165, 1.54) is 0 Å². The Morgan fingerprint density at radius 2 is 2.09 bits per heavy atom. The highest BCUT2D eigenvalue weighted by molar-refractivity contribution is 6.30. The van der Waals surface area contributed by atoms with E-state index in [1.54, 1.807) is 0 Å². The standard InChI is InChI=1S/C17H20ClNO4/c18-14-7-10-4-5-23-15(10)13(8-14)9-19-16(20)11-2-1-3-12(6-11)17(21)22/h7-8,11-12H,1-6,9H2,(H,19,20)(H,21,22). The molecule has 6 heteroatoms. The van der Waals surface area contributed by atoms with Crippen LogP contribution in [0, 0.1) is 11.8 Å². The fourth-order valence-electron chi connectivity index (χ4n) is 3.46. The van der Waals surface area contributed by atoms with E-state index < -0.39 is 11.9 Å². The van der Waals surface area contributed by atoms with Crippen LogP contribution in [0.3, 0.4) is 0 Å². The molecule has 2 unspecified atom stereocenters. The number of carboxylic acids is 1. The third-order valence-corrected chi connectivity index (χ3v) is 4.89. The second-order valence-corrected chi connectivity index (χ2v) is 6.70. The first-order chi connectivity index (χ1) is 11.0. The van der Waals surface area contributed by atoms with Crippen LogP contribution in [0.1, 0.15) is 36.8 Å². The summed E-state index contributed by atoms with van der Waals surface area (Å²) in [6, 6.07) is 3.71. The molecule has 23 heavy (non-hydrogen) atoms. The fraction of sp³-hybridized carbons (Fsp3) is 0.529. The Balaban J connectivity index is 1.62. The number of nitrogens with one attached hydrogen (secondary N) is 1. The van der Waals surface area contributed by atoms with Crippen molar-refractivity contribution in [1.29, 1.82) is 0 Å². The molecular formula is C17H20ClNO4. The molecule has 1 saturated carbocycles. The second-order valence-electron chi connectivity index (χ2n) is 6.27. The Kier molecular flexibility index (Phi) is 4.76. The number of hydrogen-bond acceptors (Lipinski definition) is 3. The van der Waals surface area contributed by atoms with Crippen LogP contribution in [0.25, 0.3) is 0 Å².